The number of hydrogen-bond donors (Lipinski definition) is 1. The van der Waals surface area contributed by atoms with Gasteiger partial charge in [0.05, 0.1) is 27.7 Å². The van der Waals surface area contributed by atoms with E-state index in [9.17, 15) is 19.0 Å². The third-order valence-electron chi connectivity index (χ3n) is 11.7. The summed E-state index contributed by atoms with van der Waals surface area (Å²) in [4.78, 5) is 35.7. The van der Waals surface area contributed by atoms with Crippen LogP contribution in [0.25, 0.3) is 0 Å². The molecule has 0 spiro atoms. The average Bonchev–Trinajstić information content (AvgIpc) is 3.41. The van der Waals surface area contributed by atoms with Crippen LogP contribution < -0.4 is 0 Å². The van der Waals surface area contributed by atoms with E-state index in [1.165, 1.54) is 0 Å². The highest BCUT2D eigenvalue weighted by Gasteiger charge is 2.27. The van der Waals surface area contributed by atoms with Gasteiger partial charge in [-0.05, 0) is 128 Å². The number of quaternary nitrogens is 1. The van der Waals surface area contributed by atoms with Gasteiger partial charge in [0.15, 0.2) is 6.10 Å². The number of unbranched alkanes of at least 4 members (excludes halogenated alkanes) is 10. The number of phosphoric ester groups is 1. The molecule has 0 aliphatic heterocycles. The van der Waals surface area contributed by atoms with Crippen molar-refractivity contribution in [1.29, 1.82) is 0 Å². The molecule has 0 rings (SSSR count). The highest BCUT2D eigenvalue weighted by atomic mass is 31.2. The molecule has 0 heterocycles. The van der Waals surface area contributed by atoms with Gasteiger partial charge in [0.25, 0.3) is 0 Å². The van der Waals surface area contributed by atoms with Crippen molar-refractivity contribution in [3.8, 4) is 0 Å². The molecule has 0 bridgehead atoms. The van der Waals surface area contributed by atoms with Crippen LogP contribution in [-0.4, -0.2) is 74.9 Å². The molecule has 9 nitrogen and oxygen atoms in total. The first kappa shape index (κ1) is 73.4. The number of esters is 2. The van der Waals surface area contributed by atoms with E-state index in [1.54, 1.807) is 0 Å². The van der Waals surface area contributed by atoms with Crippen LogP contribution in [0, 0.1) is 0 Å². The Hall–Kier alpha value is -4.63. The molecule has 0 aliphatic rings. The summed E-state index contributed by atoms with van der Waals surface area (Å²) < 4.78 is 34.5. The highest BCUT2D eigenvalue weighted by Crippen LogP contribution is 2.43. The van der Waals surface area contributed by atoms with Gasteiger partial charge in [0, 0.05) is 12.8 Å². The minimum absolute atomic E-state index is 0.0142. The fraction of sp³-hybridized carbons (Fsp3) is 0.559. The summed E-state index contributed by atoms with van der Waals surface area (Å²) in [5.41, 5.74) is 0. The van der Waals surface area contributed by atoms with Crippen molar-refractivity contribution in [2.75, 3.05) is 47.5 Å². The Bertz CT molecular complexity index is 1920. The third-order valence-corrected chi connectivity index (χ3v) is 12.7. The van der Waals surface area contributed by atoms with Gasteiger partial charge in [-0.2, -0.15) is 0 Å². The monoisotopic (exact) mass is 1100 g/mol. The molecule has 0 saturated carbocycles. The van der Waals surface area contributed by atoms with E-state index >= 15 is 0 Å². The zero-order valence-corrected chi connectivity index (χ0v) is 50.5. The number of allylic oxidation sites excluding steroid dienone is 28. The second kappa shape index (κ2) is 57.1. The molecular formula is C68H109NO8P+. The maximum absolute atomic E-state index is 12.8. The topological polar surface area (TPSA) is 108 Å². The number of carbonyl (C=O) groups excluding carboxylic acids is 2. The Morgan fingerprint density at radius 3 is 1.03 bits per heavy atom. The number of phosphoric acid groups is 1. The predicted octanol–water partition coefficient (Wildman–Crippen LogP) is 19.0. The van der Waals surface area contributed by atoms with Gasteiger partial charge in [0.2, 0.25) is 0 Å². The molecule has 0 aromatic heterocycles. The summed E-state index contributed by atoms with van der Waals surface area (Å²) in [5, 5.41) is 0. The lowest BCUT2D eigenvalue weighted by atomic mass is 10.1. The largest absolute Gasteiger partial charge is 0.472 e. The lowest BCUT2D eigenvalue weighted by Crippen LogP contribution is -2.37. The zero-order valence-electron chi connectivity index (χ0n) is 49.6. The zero-order chi connectivity index (χ0) is 57.0. The van der Waals surface area contributed by atoms with Crippen LogP contribution in [0.2, 0.25) is 0 Å². The van der Waals surface area contributed by atoms with Crippen LogP contribution in [0.5, 0.6) is 0 Å². The van der Waals surface area contributed by atoms with Gasteiger partial charge in [-0.3, -0.25) is 18.6 Å². The summed E-state index contributed by atoms with van der Waals surface area (Å²) in [7, 11) is 1.42. The molecule has 438 valence electrons. The van der Waals surface area contributed by atoms with E-state index in [4.69, 9.17) is 18.5 Å². The molecule has 10 heteroatoms. The Labute approximate surface area is 477 Å². The maximum Gasteiger partial charge on any atom is 0.472 e. The fourth-order valence-electron chi connectivity index (χ4n) is 7.21. The van der Waals surface area contributed by atoms with Gasteiger partial charge in [0.1, 0.15) is 19.8 Å². The van der Waals surface area contributed by atoms with Gasteiger partial charge >= 0.3 is 19.8 Å². The van der Waals surface area contributed by atoms with E-state index in [-0.39, 0.29) is 26.1 Å². The quantitative estimate of drug-likeness (QED) is 0.0211. The highest BCUT2D eigenvalue weighted by molar-refractivity contribution is 7.47. The van der Waals surface area contributed by atoms with Crippen molar-refractivity contribution in [2.45, 2.75) is 200 Å². The third kappa shape index (κ3) is 60.6. The molecule has 0 aromatic carbocycles. The van der Waals surface area contributed by atoms with Gasteiger partial charge in [-0.1, -0.05) is 223 Å². The normalized spacial score (nSPS) is 14.5. The summed E-state index contributed by atoms with van der Waals surface area (Å²) in [6.07, 6.45) is 87.1. The first-order valence-electron chi connectivity index (χ1n) is 29.9. The average molecular weight is 1100 g/mol. The van der Waals surface area contributed by atoms with Gasteiger partial charge in [-0.15, -0.1) is 0 Å². The number of rotatable bonds is 52. The van der Waals surface area contributed by atoms with Crippen molar-refractivity contribution in [2.24, 2.45) is 0 Å². The standard InChI is InChI=1S/C68H108NO8P/c1-6-8-10-12-14-16-18-20-22-24-25-26-27-28-29-30-31-32-33-34-35-36-37-38-39-40-41-42-43-45-47-49-51-53-55-57-59-61-68(71)77-66(65-76-78(72,73)75-63-62-69(3,4)5)64-74-67(70)60-58-56-54-52-50-48-46-44-23-21-19-17-15-13-11-9-7-2/h8-11,14-17,20-23,25-26,28-29,31-32,34-35,37-38,40-41,43,45-46,48,66H,6-7,12-13,18-19,24,27,30,33,36,39,42,44,47,49-65H2,1-5H3/p+1/b10-8-,11-9-,16-14-,17-15-,22-20-,23-21-,26-25-,29-28-,32-31-,35-34-,38-37-,41-40-,45-43-,48-46-. The summed E-state index contributed by atoms with van der Waals surface area (Å²) >= 11 is 0. The molecule has 0 aromatic rings. The molecule has 78 heavy (non-hydrogen) atoms. The second-order valence-electron chi connectivity index (χ2n) is 20.3. The van der Waals surface area contributed by atoms with Crippen molar-refractivity contribution in [3.05, 3.63) is 170 Å². The molecule has 0 radical (unpaired) electrons. The maximum atomic E-state index is 12.8. The lowest BCUT2D eigenvalue weighted by Gasteiger charge is -2.24. The minimum atomic E-state index is -4.41. The Morgan fingerprint density at radius 2 is 0.692 bits per heavy atom. The smallest absolute Gasteiger partial charge is 0.462 e. The molecule has 0 saturated heterocycles. The van der Waals surface area contributed by atoms with E-state index in [0.717, 1.165) is 154 Å². The molecule has 0 amide bonds. The Kier molecular flexibility index (Phi) is 53.7. The van der Waals surface area contributed by atoms with Gasteiger partial charge < -0.3 is 18.9 Å². The number of nitrogens with zero attached hydrogens (tertiary/aromatic N) is 1. The van der Waals surface area contributed by atoms with Crippen molar-refractivity contribution >= 4 is 19.8 Å². The summed E-state index contributed by atoms with van der Waals surface area (Å²) in [6, 6.07) is 0. The van der Waals surface area contributed by atoms with E-state index in [0.29, 0.717) is 23.9 Å². The van der Waals surface area contributed by atoms with E-state index in [1.807, 2.05) is 21.1 Å². The first-order chi connectivity index (χ1) is 38.0. The van der Waals surface area contributed by atoms with Crippen LogP contribution in [0.15, 0.2) is 170 Å². The Balaban J connectivity index is 4.24. The number of carbonyl (C=O) groups is 2. The second-order valence-corrected chi connectivity index (χ2v) is 21.7. The minimum Gasteiger partial charge on any atom is -0.462 e. The molecule has 1 N–H and O–H groups in total. The number of likely N-dealkylation sites (N-methyl/N-ethyl adjacent to an activating group) is 1. The first-order valence-corrected chi connectivity index (χ1v) is 31.4. The van der Waals surface area contributed by atoms with Crippen LogP contribution in [0.1, 0.15) is 194 Å². The van der Waals surface area contributed by atoms with Crippen LogP contribution in [-0.2, 0) is 32.7 Å². The summed E-state index contributed by atoms with van der Waals surface area (Å²) in [6.45, 7) is 4.12. The van der Waals surface area contributed by atoms with E-state index < -0.39 is 32.5 Å². The Morgan fingerprint density at radius 1 is 0.397 bits per heavy atom. The van der Waals surface area contributed by atoms with Gasteiger partial charge in [-0.25, -0.2) is 4.57 Å². The summed E-state index contributed by atoms with van der Waals surface area (Å²) in [5.74, 6) is -0.858. The van der Waals surface area contributed by atoms with Crippen molar-refractivity contribution in [3.63, 3.8) is 0 Å². The fourth-order valence-corrected chi connectivity index (χ4v) is 7.95. The number of ether oxygens (including phenoxy) is 2. The molecule has 0 fully saturated rings. The predicted molar refractivity (Wildman–Crippen MR) is 334 cm³/mol. The van der Waals surface area contributed by atoms with Crippen LogP contribution >= 0.6 is 7.82 Å². The van der Waals surface area contributed by atoms with E-state index in [2.05, 4.69) is 184 Å². The molecule has 2 unspecified atom stereocenters. The molecule has 2 atom stereocenters. The molecule has 0 aliphatic carbocycles. The SMILES string of the molecule is CC/C=C\C/C=C\C/C=C\C/C=C\C/C=C\C/C=C\C/C=C\C/C=C\C/C=C\C/C=C\CCCCCCCCC(=O)OC(COC(=O)CCCCCC/C=C\C/C=C\C/C=C\C/C=C\CC)COP(=O)(O)OCC[N+](C)(C)C. The van der Waals surface area contributed by atoms with Crippen molar-refractivity contribution in [1.82, 2.24) is 0 Å². The lowest BCUT2D eigenvalue weighted by molar-refractivity contribution is -0.870. The molecular weight excluding hydrogens is 990 g/mol. The van der Waals surface area contributed by atoms with Crippen molar-refractivity contribution < 1.29 is 42.1 Å². The van der Waals surface area contributed by atoms with Crippen LogP contribution in [0.4, 0.5) is 0 Å². The number of hydrogen-bond acceptors (Lipinski definition) is 7. The van der Waals surface area contributed by atoms with Crippen LogP contribution in [0.3, 0.4) is 0 Å².